The lowest BCUT2D eigenvalue weighted by molar-refractivity contribution is -0.153. The third-order valence-corrected chi connectivity index (χ3v) is 3.09. The molecule has 2 rings (SSSR count). The number of halogens is 3. The van der Waals surface area contributed by atoms with Crippen LogP contribution >= 0.6 is 11.3 Å². The Bertz CT molecular complexity index is 562. The predicted octanol–water partition coefficient (Wildman–Crippen LogP) is 4.17. The lowest BCUT2D eigenvalue weighted by Crippen LogP contribution is -2.19. The molecular formula is C13H9F3O2S. The van der Waals surface area contributed by atoms with Gasteiger partial charge in [-0.05, 0) is 34.0 Å². The van der Waals surface area contributed by atoms with E-state index in [4.69, 9.17) is 0 Å². The molecule has 0 radical (unpaired) electrons. The van der Waals surface area contributed by atoms with Crippen LogP contribution in [0.3, 0.4) is 0 Å². The summed E-state index contributed by atoms with van der Waals surface area (Å²) < 4.78 is 41.1. The van der Waals surface area contributed by atoms with Gasteiger partial charge in [0.25, 0.3) is 0 Å². The van der Waals surface area contributed by atoms with E-state index in [9.17, 15) is 18.0 Å². The summed E-state index contributed by atoms with van der Waals surface area (Å²) in [4.78, 5) is 11.1. The summed E-state index contributed by atoms with van der Waals surface area (Å²) in [5.41, 5.74) is 1.48. The standard InChI is InChI=1S/C13H9F3O2S/c14-13(15,16)8-18-12-3-1-2-10(11(12)6-17)9-4-5-19-7-9/h1-7H,8H2. The van der Waals surface area contributed by atoms with E-state index in [1.807, 2.05) is 10.8 Å². The molecule has 0 aliphatic rings. The second kappa shape index (κ2) is 5.44. The Hall–Kier alpha value is -1.82. The average molecular weight is 286 g/mol. The van der Waals surface area contributed by atoms with Crippen LogP contribution in [0.25, 0.3) is 11.1 Å². The Morgan fingerprint density at radius 1 is 1.26 bits per heavy atom. The Kier molecular flexibility index (Phi) is 3.90. The summed E-state index contributed by atoms with van der Waals surface area (Å²) >= 11 is 1.44. The van der Waals surface area contributed by atoms with Gasteiger partial charge in [-0.3, -0.25) is 4.79 Å². The van der Waals surface area contributed by atoms with Crippen molar-refractivity contribution in [1.29, 1.82) is 0 Å². The first-order valence-electron chi connectivity index (χ1n) is 5.31. The zero-order valence-corrected chi connectivity index (χ0v) is 10.4. The number of alkyl halides is 3. The van der Waals surface area contributed by atoms with Crippen molar-refractivity contribution in [2.24, 2.45) is 0 Å². The molecule has 0 atom stereocenters. The number of aldehydes is 1. The molecule has 0 unspecified atom stereocenters. The number of rotatable bonds is 4. The molecular weight excluding hydrogens is 277 g/mol. The number of hydrogen-bond donors (Lipinski definition) is 0. The highest BCUT2D eigenvalue weighted by Crippen LogP contribution is 2.31. The van der Waals surface area contributed by atoms with Crippen molar-refractivity contribution < 1.29 is 22.7 Å². The molecule has 1 aromatic heterocycles. The third-order valence-electron chi connectivity index (χ3n) is 2.41. The fourth-order valence-corrected chi connectivity index (χ4v) is 2.28. The van der Waals surface area contributed by atoms with Crippen LogP contribution in [0.4, 0.5) is 13.2 Å². The molecule has 0 spiro atoms. The number of benzene rings is 1. The van der Waals surface area contributed by atoms with E-state index in [0.29, 0.717) is 11.8 Å². The lowest BCUT2D eigenvalue weighted by atomic mass is 10.0. The number of carbonyl (C=O) groups is 1. The van der Waals surface area contributed by atoms with Gasteiger partial charge in [0.2, 0.25) is 0 Å². The minimum Gasteiger partial charge on any atom is -0.483 e. The first-order chi connectivity index (χ1) is 9.01. The molecule has 0 bridgehead atoms. The van der Waals surface area contributed by atoms with Crippen LogP contribution in [-0.2, 0) is 0 Å². The summed E-state index contributed by atoms with van der Waals surface area (Å²) in [7, 11) is 0. The van der Waals surface area contributed by atoms with Crippen LogP contribution in [0.1, 0.15) is 10.4 Å². The van der Waals surface area contributed by atoms with E-state index < -0.39 is 12.8 Å². The van der Waals surface area contributed by atoms with Gasteiger partial charge >= 0.3 is 6.18 Å². The number of carbonyl (C=O) groups excluding carboxylic acids is 1. The second-order valence-electron chi connectivity index (χ2n) is 3.75. The van der Waals surface area contributed by atoms with Crippen molar-refractivity contribution in [2.45, 2.75) is 6.18 Å². The average Bonchev–Trinajstić information content (AvgIpc) is 2.88. The molecule has 0 aliphatic carbocycles. The van der Waals surface area contributed by atoms with Crippen molar-refractivity contribution in [3.63, 3.8) is 0 Å². The van der Waals surface area contributed by atoms with Crippen molar-refractivity contribution in [1.82, 2.24) is 0 Å². The summed E-state index contributed by atoms with van der Waals surface area (Å²) in [6, 6.07) is 6.38. The van der Waals surface area contributed by atoms with E-state index in [0.717, 1.165) is 5.56 Å². The molecule has 100 valence electrons. The van der Waals surface area contributed by atoms with Crippen LogP contribution in [0.15, 0.2) is 35.0 Å². The molecule has 1 aromatic carbocycles. The zero-order chi connectivity index (χ0) is 13.9. The van der Waals surface area contributed by atoms with E-state index >= 15 is 0 Å². The molecule has 6 heteroatoms. The normalized spacial score (nSPS) is 11.3. The molecule has 2 aromatic rings. The molecule has 0 fully saturated rings. The molecule has 1 heterocycles. The van der Waals surface area contributed by atoms with Crippen molar-refractivity contribution >= 4 is 17.6 Å². The molecule has 0 N–H and O–H groups in total. The van der Waals surface area contributed by atoms with E-state index in [1.54, 1.807) is 18.2 Å². The topological polar surface area (TPSA) is 26.3 Å². The largest absolute Gasteiger partial charge is 0.483 e. The predicted molar refractivity (Wildman–Crippen MR) is 66.7 cm³/mol. The van der Waals surface area contributed by atoms with Crippen molar-refractivity contribution in [2.75, 3.05) is 6.61 Å². The highest BCUT2D eigenvalue weighted by Gasteiger charge is 2.29. The van der Waals surface area contributed by atoms with Crippen LogP contribution in [0.5, 0.6) is 5.75 Å². The maximum Gasteiger partial charge on any atom is 0.422 e. The Balaban J connectivity index is 2.35. The maximum atomic E-state index is 12.1. The van der Waals surface area contributed by atoms with Gasteiger partial charge in [-0.15, -0.1) is 0 Å². The fourth-order valence-electron chi connectivity index (χ4n) is 1.62. The molecule has 0 saturated heterocycles. The van der Waals surface area contributed by atoms with Gasteiger partial charge in [-0.1, -0.05) is 12.1 Å². The highest BCUT2D eigenvalue weighted by molar-refractivity contribution is 7.08. The van der Waals surface area contributed by atoms with Gasteiger partial charge < -0.3 is 4.74 Å². The minimum atomic E-state index is -4.43. The number of hydrogen-bond acceptors (Lipinski definition) is 3. The monoisotopic (exact) mass is 286 g/mol. The van der Waals surface area contributed by atoms with Crippen molar-refractivity contribution in [3.05, 3.63) is 40.6 Å². The molecule has 19 heavy (non-hydrogen) atoms. The maximum absolute atomic E-state index is 12.1. The summed E-state index contributed by atoms with van der Waals surface area (Å²) in [5.74, 6) is -0.0592. The summed E-state index contributed by atoms with van der Waals surface area (Å²) in [5, 5.41) is 3.64. The van der Waals surface area contributed by atoms with Gasteiger partial charge in [0.05, 0.1) is 5.56 Å². The van der Waals surface area contributed by atoms with Gasteiger partial charge in [-0.2, -0.15) is 24.5 Å². The van der Waals surface area contributed by atoms with Crippen LogP contribution in [0, 0.1) is 0 Å². The number of thiophene rings is 1. The third kappa shape index (κ3) is 3.35. The van der Waals surface area contributed by atoms with Gasteiger partial charge in [0.1, 0.15) is 5.75 Å². The fraction of sp³-hybridized carbons (Fsp3) is 0.154. The number of ether oxygens (including phenoxy) is 1. The molecule has 2 nitrogen and oxygen atoms in total. The first-order valence-corrected chi connectivity index (χ1v) is 6.26. The van der Waals surface area contributed by atoms with E-state index in [2.05, 4.69) is 4.74 Å². The van der Waals surface area contributed by atoms with Crippen LogP contribution < -0.4 is 4.74 Å². The Morgan fingerprint density at radius 3 is 2.63 bits per heavy atom. The van der Waals surface area contributed by atoms with Gasteiger partial charge in [0, 0.05) is 0 Å². The molecule has 0 aliphatic heterocycles. The van der Waals surface area contributed by atoms with Gasteiger partial charge in [0.15, 0.2) is 12.9 Å². The highest BCUT2D eigenvalue weighted by atomic mass is 32.1. The zero-order valence-electron chi connectivity index (χ0n) is 9.61. The Morgan fingerprint density at radius 2 is 2.05 bits per heavy atom. The quantitative estimate of drug-likeness (QED) is 0.788. The second-order valence-corrected chi connectivity index (χ2v) is 4.53. The smallest absolute Gasteiger partial charge is 0.422 e. The van der Waals surface area contributed by atoms with E-state index in [1.165, 1.54) is 17.4 Å². The molecule has 0 amide bonds. The van der Waals surface area contributed by atoms with Crippen molar-refractivity contribution in [3.8, 4) is 16.9 Å². The summed E-state index contributed by atoms with van der Waals surface area (Å²) in [6.07, 6.45) is -3.92. The SMILES string of the molecule is O=Cc1c(OCC(F)(F)F)cccc1-c1ccsc1. The summed E-state index contributed by atoms with van der Waals surface area (Å²) in [6.45, 7) is -1.42. The molecule has 0 saturated carbocycles. The van der Waals surface area contributed by atoms with Crippen LogP contribution in [0.2, 0.25) is 0 Å². The van der Waals surface area contributed by atoms with E-state index in [-0.39, 0.29) is 11.3 Å². The van der Waals surface area contributed by atoms with Gasteiger partial charge in [-0.25, -0.2) is 0 Å². The lowest BCUT2D eigenvalue weighted by Gasteiger charge is -2.12. The Labute approximate surface area is 111 Å². The van der Waals surface area contributed by atoms with Crippen LogP contribution in [-0.4, -0.2) is 19.1 Å². The minimum absolute atomic E-state index is 0.0592. The first kappa shape index (κ1) is 13.6.